The van der Waals surface area contributed by atoms with Gasteiger partial charge < -0.3 is 10.1 Å². The topological polar surface area (TPSA) is 21.3 Å². The van der Waals surface area contributed by atoms with Gasteiger partial charge in [0, 0.05) is 12.6 Å². The molecule has 1 aliphatic carbocycles. The van der Waals surface area contributed by atoms with Crippen LogP contribution in [0.4, 0.5) is 0 Å². The molecule has 1 N–H and O–H groups in total. The maximum Gasteiger partial charge on any atom is 0.0598 e. The molecule has 0 bridgehead atoms. The van der Waals surface area contributed by atoms with E-state index in [1.165, 1.54) is 24.0 Å². The van der Waals surface area contributed by atoms with Crippen molar-refractivity contribution in [1.29, 1.82) is 0 Å². The number of nitrogens with one attached hydrogen (secondary N) is 1. The third-order valence-corrected chi connectivity index (χ3v) is 4.09. The lowest BCUT2D eigenvalue weighted by atomic mass is 9.78. The maximum atomic E-state index is 5.92. The van der Waals surface area contributed by atoms with E-state index < -0.39 is 0 Å². The van der Waals surface area contributed by atoms with E-state index in [2.05, 4.69) is 57.3 Å². The summed E-state index contributed by atoms with van der Waals surface area (Å²) in [5.41, 5.74) is 2.99. The molecule has 0 radical (unpaired) electrons. The van der Waals surface area contributed by atoms with Gasteiger partial charge in [-0.2, -0.15) is 0 Å². The molecule has 1 aliphatic rings. The molecule has 20 heavy (non-hydrogen) atoms. The van der Waals surface area contributed by atoms with Crippen molar-refractivity contribution in [3.63, 3.8) is 0 Å². The molecule has 0 spiro atoms. The largest absolute Gasteiger partial charge is 0.376 e. The monoisotopic (exact) mass is 275 g/mol. The minimum absolute atomic E-state index is 0.0275. The molecular weight excluding hydrogens is 246 g/mol. The summed E-state index contributed by atoms with van der Waals surface area (Å²) in [5.74, 6) is 0.687. The third-order valence-electron chi connectivity index (χ3n) is 4.09. The molecule has 0 aromatic heterocycles. The molecule has 2 heteroatoms. The van der Waals surface area contributed by atoms with Crippen LogP contribution in [0.15, 0.2) is 24.3 Å². The molecular formula is C18H29NO. The fraction of sp³-hybridized carbons (Fsp3) is 0.667. The molecule has 2 nitrogen and oxygen atoms in total. The average molecular weight is 275 g/mol. The van der Waals surface area contributed by atoms with Gasteiger partial charge in [-0.05, 0) is 63.6 Å². The second-order valence-electron chi connectivity index (χ2n) is 6.78. The molecule has 2 unspecified atom stereocenters. The Morgan fingerprint density at radius 3 is 2.70 bits per heavy atom. The van der Waals surface area contributed by atoms with Crippen LogP contribution in [0.5, 0.6) is 0 Å². The van der Waals surface area contributed by atoms with E-state index in [-0.39, 0.29) is 5.60 Å². The molecule has 0 saturated carbocycles. The van der Waals surface area contributed by atoms with E-state index in [9.17, 15) is 0 Å². The van der Waals surface area contributed by atoms with Gasteiger partial charge in [-0.3, -0.25) is 0 Å². The summed E-state index contributed by atoms with van der Waals surface area (Å²) in [5, 5.41) is 3.68. The zero-order chi connectivity index (χ0) is 14.6. The molecule has 0 fully saturated rings. The Labute approximate surface area is 123 Å². The second-order valence-corrected chi connectivity index (χ2v) is 6.78. The summed E-state index contributed by atoms with van der Waals surface area (Å²) in [7, 11) is 0. The summed E-state index contributed by atoms with van der Waals surface area (Å²) < 4.78 is 5.92. The second kappa shape index (κ2) is 6.73. The first-order valence-corrected chi connectivity index (χ1v) is 7.96. The fourth-order valence-electron chi connectivity index (χ4n) is 3.15. The average Bonchev–Trinajstić information content (AvgIpc) is 2.40. The number of hydrogen-bond donors (Lipinski definition) is 1. The predicted molar refractivity (Wildman–Crippen MR) is 85.0 cm³/mol. The normalized spacial score (nSPS) is 22.6. The number of hydrogen-bond acceptors (Lipinski definition) is 2. The third kappa shape index (κ3) is 4.07. The van der Waals surface area contributed by atoms with E-state index in [1.807, 2.05) is 0 Å². The minimum Gasteiger partial charge on any atom is -0.376 e. The molecule has 1 aromatic carbocycles. The summed E-state index contributed by atoms with van der Waals surface area (Å²) in [6.45, 7) is 10.5. The zero-order valence-corrected chi connectivity index (χ0v) is 13.4. The summed E-state index contributed by atoms with van der Waals surface area (Å²) in [6, 6.07) is 9.39. The number of benzene rings is 1. The van der Waals surface area contributed by atoms with Gasteiger partial charge >= 0.3 is 0 Å². The van der Waals surface area contributed by atoms with Crippen molar-refractivity contribution in [3.05, 3.63) is 35.4 Å². The maximum absolute atomic E-state index is 5.92. The van der Waals surface area contributed by atoms with Crippen molar-refractivity contribution in [2.75, 3.05) is 13.2 Å². The van der Waals surface area contributed by atoms with E-state index in [0.29, 0.717) is 12.0 Å². The van der Waals surface area contributed by atoms with Crippen LogP contribution in [0.3, 0.4) is 0 Å². The van der Waals surface area contributed by atoms with Crippen molar-refractivity contribution in [3.8, 4) is 0 Å². The van der Waals surface area contributed by atoms with E-state index in [0.717, 1.165) is 19.6 Å². The van der Waals surface area contributed by atoms with Gasteiger partial charge in [0.15, 0.2) is 0 Å². The SMILES string of the molecule is CCNC1c2ccccc2CCC1CCOC(C)(C)C. The Hall–Kier alpha value is -0.860. The molecule has 0 aliphatic heterocycles. The Morgan fingerprint density at radius 1 is 1.25 bits per heavy atom. The zero-order valence-electron chi connectivity index (χ0n) is 13.4. The summed E-state index contributed by atoms with van der Waals surface area (Å²) >= 11 is 0. The smallest absolute Gasteiger partial charge is 0.0598 e. The van der Waals surface area contributed by atoms with Gasteiger partial charge in [-0.15, -0.1) is 0 Å². The lowest BCUT2D eigenvalue weighted by Crippen LogP contribution is -2.33. The fourth-order valence-corrected chi connectivity index (χ4v) is 3.15. The Bertz CT molecular complexity index is 422. The molecule has 0 saturated heterocycles. The van der Waals surface area contributed by atoms with Gasteiger partial charge in [0.2, 0.25) is 0 Å². The van der Waals surface area contributed by atoms with Crippen LogP contribution in [0.1, 0.15) is 57.7 Å². The van der Waals surface area contributed by atoms with Crippen LogP contribution in [0.2, 0.25) is 0 Å². The van der Waals surface area contributed by atoms with Crippen LogP contribution in [0.25, 0.3) is 0 Å². The van der Waals surface area contributed by atoms with Gasteiger partial charge in [0.1, 0.15) is 0 Å². The van der Waals surface area contributed by atoms with Crippen molar-refractivity contribution < 1.29 is 4.74 Å². The highest BCUT2D eigenvalue weighted by molar-refractivity contribution is 5.33. The van der Waals surface area contributed by atoms with E-state index in [1.54, 1.807) is 0 Å². The number of rotatable bonds is 5. The molecule has 112 valence electrons. The first-order chi connectivity index (χ1) is 9.51. The highest BCUT2D eigenvalue weighted by atomic mass is 16.5. The Balaban J connectivity index is 2.02. The molecule has 0 amide bonds. The van der Waals surface area contributed by atoms with E-state index >= 15 is 0 Å². The van der Waals surface area contributed by atoms with Crippen LogP contribution in [-0.4, -0.2) is 18.8 Å². The molecule has 0 heterocycles. The highest BCUT2D eigenvalue weighted by Gasteiger charge is 2.28. The lowest BCUT2D eigenvalue weighted by Gasteiger charge is -2.35. The lowest BCUT2D eigenvalue weighted by molar-refractivity contribution is -0.0120. The quantitative estimate of drug-likeness (QED) is 0.873. The van der Waals surface area contributed by atoms with E-state index in [4.69, 9.17) is 4.74 Å². The predicted octanol–water partition coefficient (Wildman–Crippen LogP) is 4.10. The number of fused-ring (bicyclic) bond motifs is 1. The van der Waals surface area contributed by atoms with Gasteiger partial charge in [-0.1, -0.05) is 31.2 Å². The van der Waals surface area contributed by atoms with Crippen molar-refractivity contribution in [2.45, 2.75) is 58.6 Å². The number of ether oxygens (including phenoxy) is 1. The first-order valence-electron chi connectivity index (χ1n) is 7.96. The van der Waals surface area contributed by atoms with Crippen LogP contribution >= 0.6 is 0 Å². The molecule has 1 aromatic rings. The molecule has 2 rings (SSSR count). The van der Waals surface area contributed by atoms with Gasteiger partial charge in [0.25, 0.3) is 0 Å². The van der Waals surface area contributed by atoms with Gasteiger partial charge in [-0.25, -0.2) is 0 Å². The van der Waals surface area contributed by atoms with Gasteiger partial charge in [0.05, 0.1) is 5.60 Å². The molecule has 2 atom stereocenters. The highest BCUT2D eigenvalue weighted by Crippen LogP contribution is 2.36. The van der Waals surface area contributed by atoms with Crippen LogP contribution < -0.4 is 5.32 Å². The van der Waals surface area contributed by atoms with Crippen molar-refractivity contribution >= 4 is 0 Å². The minimum atomic E-state index is -0.0275. The van der Waals surface area contributed by atoms with Crippen LogP contribution in [-0.2, 0) is 11.2 Å². The Kier molecular flexibility index (Phi) is 5.22. The van der Waals surface area contributed by atoms with Crippen molar-refractivity contribution in [2.24, 2.45) is 5.92 Å². The summed E-state index contributed by atoms with van der Waals surface area (Å²) in [6.07, 6.45) is 3.61. The summed E-state index contributed by atoms with van der Waals surface area (Å²) in [4.78, 5) is 0. The number of aryl methyl sites for hydroxylation is 1. The first kappa shape index (κ1) is 15.5. The van der Waals surface area contributed by atoms with Crippen LogP contribution in [0, 0.1) is 5.92 Å². The van der Waals surface area contributed by atoms with Crippen molar-refractivity contribution in [1.82, 2.24) is 5.32 Å². The Morgan fingerprint density at radius 2 is 2.00 bits per heavy atom. The standard InChI is InChI=1S/C18H29NO/c1-5-19-17-15(12-13-20-18(2,3)4)11-10-14-8-6-7-9-16(14)17/h6-9,15,17,19H,5,10-13H2,1-4H3.